The van der Waals surface area contributed by atoms with Gasteiger partial charge in [0.15, 0.2) is 0 Å². The van der Waals surface area contributed by atoms with Crippen molar-refractivity contribution in [3.05, 3.63) is 141 Å². The standard InChI is InChI=1S/C60H70Br2N2/c1-3-5-7-9-11-13-15-17-19-21-23-45-25-37-57-53(41-45)55-43-49(61)31-39-59(55)63(57)51-33-27-47(28-34-51)48-29-35-52(36-30-48)64-58-38-26-46(24-22-20-18-16-14-12-10-8-6-4-2)42-54(58)56-44-50(62)32-40-60(56)64/h25-44H,3-24H2,1-2H3. The van der Waals surface area contributed by atoms with Gasteiger partial charge in [0.2, 0.25) is 0 Å². The first kappa shape index (κ1) is 46.4. The Kier molecular flexibility index (Phi) is 16.9. The summed E-state index contributed by atoms with van der Waals surface area (Å²) < 4.78 is 7.13. The Bertz CT molecular complexity index is 2530. The lowest BCUT2D eigenvalue weighted by molar-refractivity contribution is 0.556. The molecule has 0 spiro atoms. The highest BCUT2D eigenvalue weighted by molar-refractivity contribution is 9.10. The van der Waals surface area contributed by atoms with Gasteiger partial charge in [-0.05, 0) is 133 Å². The Hall–Kier alpha value is -4.12. The lowest BCUT2D eigenvalue weighted by Gasteiger charge is -2.11. The van der Waals surface area contributed by atoms with E-state index in [1.54, 1.807) is 0 Å². The zero-order valence-electron chi connectivity index (χ0n) is 38.8. The van der Waals surface area contributed by atoms with Crippen LogP contribution in [-0.2, 0) is 12.8 Å². The highest BCUT2D eigenvalue weighted by Gasteiger charge is 2.16. The number of benzene rings is 6. The molecule has 0 aliphatic rings. The third kappa shape index (κ3) is 11.5. The SMILES string of the molecule is CCCCCCCCCCCCc1ccc2c(c1)c1cc(Br)ccc1n2-c1ccc(-c2ccc(-n3c4ccc(Br)cc4c4cc(CCCCCCCCCCCC)ccc43)cc2)cc1. The maximum absolute atomic E-state index is 3.78. The number of aromatic nitrogens is 2. The van der Waals surface area contributed by atoms with Crippen LogP contribution < -0.4 is 0 Å². The molecule has 4 heteroatoms. The largest absolute Gasteiger partial charge is 0.309 e. The predicted octanol–water partition coefficient (Wildman–Crippen LogP) is 20.0. The van der Waals surface area contributed by atoms with Crippen LogP contribution in [-0.4, -0.2) is 9.13 Å². The van der Waals surface area contributed by atoms with Crippen LogP contribution in [0.15, 0.2) is 130 Å². The number of hydrogen-bond donors (Lipinski definition) is 0. The number of hydrogen-bond acceptors (Lipinski definition) is 0. The van der Waals surface area contributed by atoms with E-state index in [2.05, 4.69) is 176 Å². The zero-order valence-corrected chi connectivity index (χ0v) is 41.9. The topological polar surface area (TPSA) is 9.86 Å². The third-order valence-corrected chi connectivity index (χ3v) is 14.8. The molecule has 2 heterocycles. The molecule has 0 radical (unpaired) electrons. The van der Waals surface area contributed by atoms with Crippen molar-refractivity contribution in [1.29, 1.82) is 0 Å². The maximum Gasteiger partial charge on any atom is 0.0541 e. The summed E-state index contributed by atoms with van der Waals surface area (Å²) in [5, 5.41) is 5.28. The van der Waals surface area contributed by atoms with Crippen molar-refractivity contribution in [2.24, 2.45) is 0 Å². The maximum atomic E-state index is 3.78. The summed E-state index contributed by atoms with van der Waals surface area (Å²) in [6, 6.07) is 46.1. The molecule has 0 unspecified atom stereocenters. The number of halogens is 2. The molecule has 0 aliphatic carbocycles. The Morgan fingerprint density at radius 3 is 0.953 bits per heavy atom. The van der Waals surface area contributed by atoms with Crippen molar-refractivity contribution in [2.75, 3.05) is 0 Å². The van der Waals surface area contributed by atoms with Crippen molar-refractivity contribution in [3.8, 4) is 22.5 Å². The normalized spacial score (nSPS) is 11.9. The van der Waals surface area contributed by atoms with Crippen LogP contribution >= 0.6 is 31.9 Å². The monoisotopic (exact) mass is 976 g/mol. The van der Waals surface area contributed by atoms with Gasteiger partial charge < -0.3 is 9.13 Å². The van der Waals surface area contributed by atoms with Gasteiger partial charge in [0, 0.05) is 41.9 Å². The Labute approximate surface area is 401 Å². The fourth-order valence-electron chi connectivity index (χ4n) is 10.2. The molecule has 0 aliphatic heterocycles. The average molecular weight is 979 g/mol. The number of aryl methyl sites for hydroxylation is 2. The smallest absolute Gasteiger partial charge is 0.0541 e. The molecule has 0 amide bonds. The van der Waals surface area contributed by atoms with Crippen molar-refractivity contribution < 1.29 is 0 Å². The minimum absolute atomic E-state index is 1.12. The Morgan fingerprint density at radius 2 is 0.609 bits per heavy atom. The van der Waals surface area contributed by atoms with Crippen molar-refractivity contribution in [3.63, 3.8) is 0 Å². The van der Waals surface area contributed by atoms with Crippen LogP contribution in [0.3, 0.4) is 0 Å². The molecule has 8 rings (SSSR count). The molecule has 8 aromatic rings. The highest BCUT2D eigenvalue weighted by Crippen LogP contribution is 2.37. The van der Waals surface area contributed by atoms with Crippen LogP contribution in [0.4, 0.5) is 0 Å². The molecule has 64 heavy (non-hydrogen) atoms. The minimum Gasteiger partial charge on any atom is -0.309 e. The van der Waals surface area contributed by atoms with Crippen molar-refractivity contribution in [2.45, 2.75) is 155 Å². The van der Waals surface area contributed by atoms with Gasteiger partial charge in [0.1, 0.15) is 0 Å². The van der Waals surface area contributed by atoms with E-state index in [0.717, 1.165) is 21.8 Å². The summed E-state index contributed by atoms with van der Waals surface area (Å²) in [4.78, 5) is 0. The molecule has 0 bridgehead atoms. The average Bonchev–Trinajstić information content (AvgIpc) is 3.81. The van der Waals surface area contributed by atoms with Gasteiger partial charge in [0.05, 0.1) is 22.1 Å². The first-order valence-corrected chi connectivity index (χ1v) is 26.8. The molecule has 0 N–H and O–H groups in total. The van der Waals surface area contributed by atoms with Gasteiger partial charge in [-0.1, -0.05) is 198 Å². The number of rotatable bonds is 25. The van der Waals surface area contributed by atoms with Crippen LogP contribution in [0.1, 0.15) is 153 Å². The molecule has 0 saturated carbocycles. The van der Waals surface area contributed by atoms with E-state index in [9.17, 15) is 0 Å². The van der Waals surface area contributed by atoms with E-state index in [-0.39, 0.29) is 0 Å². The molecule has 0 atom stereocenters. The summed E-state index contributed by atoms with van der Waals surface area (Å²) in [6.07, 6.45) is 29.7. The molecule has 334 valence electrons. The number of nitrogens with zero attached hydrogens (tertiary/aromatic N) is 2. The van der Waals surface area contributed by atoms with Crippen LogP contribution in [0, 0.1) is 0 Å². The van der Waals surface area contributed by atoms with Gasteiger partial charge in [-0.15, -0.1) is 0 Å². The number of fused-ring (bicyclic) bond motifs is 6. The first-order chi connectivity index (χ1) is 31.5. The van der Waals surface area contributed by atoms with Crippen molar-refractivity contribution >= 4 is 75.5 Å². The molecular weight excluding hydrogens is 908 g/mol. The van der Waals surface area contributed by atoms with Crippen LogP contribution in [0.2, 0.25) is 0 Å². The van der Waals surface area contributed by atoms with E-state index < -0.39 is 0 Å². The predicted molar refractivity (Wildman–Crippen MR) is 287 cm³/mol. The molecule has 0 saturated heterocycles. The summed E-state index contributed by atoms with van der Waals surface area (Å²) >= 11 is 7.57. The lowest BCUT2D eigenvalue weighted by atomic mass is 10.0. The van der Waals surface area contributed by atoms with E-state index in [1.165, 1.54) is 206 Å². The summed E-state index contributed by atoms with van der Waals surface area (Å²) in [6.45, 7) is 4.60. The van der Waals surface area contributed by atoms with E-state index in [1.807, 2.05) is 0 Å². The van der Waals surface area contributed by atoms with Gasteiger partial charge in [-0.2, -0.15) is 0 Å². The second-order valence-corrected chi connectivity index (χ2v) is 20.5. The van der Waals surface area contributed by atoms with Crippen molar-refractivity contribution in [1.82, 2.24) is 9.13 Å². The quantitative estimate of drug-likeness (QED) is 0.0505. The second-order valence-electron chi connectivity index (χ2n) is 18.7. The highest BCUT2D eigenvalue weighted by atomic mass is 79.9. The minimum atomic E-state index is 1.12. The van der Waals surface area contributed by atoms with Gasteiger partial charge in [-0.3, -0.25) is 0 Å². The molecule has 0 fully saturated rings. The van der Waals surface area contributed by atoms with E-state index >= 15 is 0 Å². The third-order valence-electron chi connectivity index (χ3n) is 13.8. The lowest BCUT2D eigenvalue weighted by Crippen LogP contribution is -1.95. The van der Waals surface area contributed by atoms with Crippen LogP contribution in [0.5, 0.6) is 0 Å². The molecule has 2 aromatic heterocycles. The summed E-state index contributed by atoms with van der Waals surface area (Å²) in [5.41, 5.74) is 12.7. The first-order valence-electron chi connectivity index (χ1n) is 25.2. The van der Waals surface area contributed by atoms with Crippen LogP contribution in [0.25, 0.3) is 66.1 Å². The van der Waals surface area contributed by atoms with E-state index in [0.29, 0.717) is 0 Å². The van der Waals surface area contributed by atoms with Gasteiger partial charge >= 0.3 is 0 Å². The zero-order chi connectivity index (χ0) is 44.1. The Morgan fingerprint density at radius 1 is 0.312 bits per heavy atom. The molecule has 6 aromatic carbocycles. The second kappa shape index (κ2) is 23.4. The fourth-order valence-corrected chi connectivity index (χ4v) is 10.9. The van der Waals surface area contributed by atoms with Gasteiger partial charge in [0.25, 0.3) is 0 Å². The molecular formula is C60H70Br2N2. The summed E-state index contributed by atoms with van der Waals surface area (Å²) in [7, 11) is 0. The fraction of sp³-hybridized carbons (Fsp3) is 0.400. The molecule has 2 nitrogen and oxygen atoms in total. The van der Waals surface area contributed by atoms with E-state index in [4.69, 9.17) is 0 Å². The Balaban J connectivity index is 0.946. The van der Waals surface area contributed by atoms with Gasteiger partial charge in [-0.25, -0.2) is 0 Å². The summed E-state index contributed by atoms with van der Waals surface area (Å²) in [5.74, 6) is 0. The number of unbranched alkanes of at least 4 members (excludes halogenated alkanes) is 18.